The Hall–Kier alpha value is 0.516. The molecule has 0 heterocycles. The summed E-state index contributed by atoms with van der Waals surface area (Å²) >= 11 is -3.89. The van der Waals surface area contributed by atoms with Gasteiger partial charge in [0.25, 0.3) is 0 Å². The maximum atomic E-state index is 11.8. The minimum Gasteiger partial charge on any atom is 4.00 e. The molecule has 30 heavy (non-hydrogen) atoms. The van der Waals surface area contributed by atoms with Gasteiger partial charge in [-0.05, 0) is 0 Å². The van der Waals surface area contributed by atoms with E-state index in [-0.39, 0.29) is 30.6 Å². The molecule has 0 aromatic heterocycles. The first-order valence-electron chi connectivity index (χ1n) is 11.4. The quantitative estimate of drug-likeness (QED) is 0.136. The van der Waals surface area contributed by atoms with E-state index < -0.39 is 15.3 Å². The smallest absolute Gasteiger partial charge is 4.00 e. The average molecular weight is 567 g/mol. The standard InChI is InChI=1S/3C6H14N.C5H5F2Ge.Zr/c3*1-3-5-7-6-4-2;6-8(7)5-3-1-2-4-5;/h3*3-6H2,1-2H3;1-4,8H;/q4*-1;+4. The number of hydrogen-bond acceptors (Lipinski definition) is 0. The van der Waals surface area contributed by atoms with Crippen molar-refractivity contribution >= 4 is 19.7 Å². The van der Waals surface area contributed by atoms with Crippen molar-refractivity contribution in [1.82, 2.24) is 0 Å². The van der Waals surface area contributed by atoms with E-state index in [0.29, 0.717) is 0 Å². The van der Waals surface area contributed by atoms with E-state index in [2.05, 4.69) is 57.5 Å². The Morgan fingerprint density at radius 1 is 0.567 bits per heavy atom. The van der Waals surface area contributed by atoms with Gasteiger partial charge in [0.1, 0.15) is 0 Å². The van der Waals surface area contributed by atoms with Gasteiger partial charge in [-0.2, -0.15) is 0 Å². The number of nitrogens with zero attached hydrogens (tertiary/aromatic N) is 3. The van der Waals surface area contributed by atoms with Crippen LogP contribution in [0.2, 0.25) is 0 Å². The zero-order valence-electron chi connectivity index (χ0n) is 20.5. The predicted molar refractivity (Wildman–Crippen MR) is 132 cm³/mol. The Morgan fingerprint density at radius 2 is 0.800 bits per heavy atom. The van der Waals surface area contributed by atoms with E-state index in [1.807, 2.05) is 0 Å². The van der Waals surface area contributed by atoms with Gasteiger partial charge in [0, 0.05) is 0 Å². The SMILES string of the molecule is CCC[N-]CCC.CCC[N-]CCC.CCC[N-]CCC.[F][GeH]([F])[c-]1cccc1.[Zr+4]. The molecule has 0 atom stereocenters. The summed E-state index contributed by atoms with van der Waals surface area (Å²) in [5.41, 5.74) is 0. The third-order valence-corrected chi connectivity index (χ3v) is 5.10. The molecule has 0 amide bonds. The minimum atomic E-state index is -3.89. The summed E-state index contributed by atoms with van der Waals surface area (Å²) in [7, 11) is 0. The maximum absolute atomic E-state index is 11.8. The fourth-order valence-corrected chi connectivity index (χ4v) is 2.90. The van der Waals surface area contributed by atoms with Crippen LogP contribution in [-0.4, -0.2) is 54.5 Å². The minimum absolute atomic E-state index is 0. The van der Waals surface area contributed by atoms with Gasteiger partial charge in [0.2, 0.25) is 0 Å². The van der Waals surface area contributed by atoms with Gasteiger partial charge >= 0.3 is 77.1 Å². The summed E-state index contributed by atoms with van der Waals surface area (Å²) in [5, 5.41) is 12.6. The molecule has 0 spiro atoms. The van der Waals surface area contributed by atoms with E-state index in [1.165, 1.54) is 50.7 Å². The van der Waals surface area contributed by atoms with E-state index in [4.69, 9.17) is 0 Å². The summed E-state index contributed by atoms with van der Waals surface area (Å²) in [6.07, 6.45) is 7.17. The van der Waals surface area contributed by atoms with Crippen molar-refractivity contribution in [1.29, 1.82) is 0 Å². The molecule has 7 heteroatoms. The van der Waals surface area contributed by atoms with Crippen LogP contribution in [0.25, 0.3) is 16.0 Å². The van der Waals surface area contributed by atoms with Crippen LogP contribution in [0.5, 0.6) is 0 Å². The molecule has 0 saturated heterocycles. The Balaban J connectivity index is -0.000000149. The number of rotatable bonds is 13. The first-order chi connectivity index (χ1) is 14.0. The molecule has 0 aliphatic rings. The maximum Gasteiger partial charge on any atom is 4.00 e. The van der Waals surface area contributed by atoms with Crippen LogP contribution in [-0.2, 0) is 26.2 Å². The third kappa shape index (κ3) is 39.0. The summed E-state index contributed by atoms with van der Waals surface area (Å²) in [5.74, 6) is 0. The predicted octanol–water partition coefficient (Wildman–Crippen LogP) is 7.31. The molecule has 176 valence electrons. The van der Waals surface area contributed by atoms with Crippen LogP contribution >= 0.6 is 0 Å². The average Bonchev–Trinajstić information content (AvgIpc) is 3.26. The van der Waals surface area contributed by atoms with Gasteiger partial charge in [-0.25, -0.2) is 0 Å². The number of halogens is 2. The molecule has 1 aromatic carbocycles. The monoisotopic (exact) mass is 567 g/mol. The summed E-state index contributed by atoms with van der Waals surface area (Å²) < 4.78 is 23.9. The Morgan fingerprint density at radius 3 is 0.933 bits per heavy atom. The van der Waals surface area contributed by atoms with Crippen LogP contribution in [0.1, 0.15) is 80.1 Å². The van der Waals surface area contributed by atoms with Gasteiger partial charge in [0.05, 0.1) is 0 Å². The van der Waals surface area contributed by atoms with Crippen molar-refractivity contribution in [2.75, 3.05) is 39.3 Å². The number of hydrogen-bond donors (Lipinski definition) is 0. The van der Waals surface area contributed by atoms with Crippen LogP contribution in [0.4, 0.5) is 7.00 Å². The van der Waals surface area contributed by atoms with Crippen molar-refractivity contribution < 1.29 is 33.2 Å². The van der Waals surface area contributed by atoms with Crippen molar-refractivity contribution in [3.05, 3.63) is 40.2 Å². The summed E-state index contributed by atoms with van der Waals surface area (Å²) in [6.45, 7) is 19.2. The first kappa shape index (κ1) is 37.8. The van der Waals surface area contributed by atoms with Crippen LogP contribution in [0, 0.1) is 0 Å². The second kappa shape index (κ2) is 36.9. The molecule has 0 saturated carbocycles. The van der Waals surface area contributed by atoms with Crippen LogP contribution in [0.15, 0.2) is 24.3 Å². The van der Waals surface area contributed by atoms with Crippen molar-refractivity contribution in [3.8, 4) is 0 Å². The molecule has 0 aliphatic carbocycles. The summed E-state index contributed by atoms with van der Waals surface area (Å²) in [6, 6.07) is 6.27. The normalized spacial score (nSPS) is 9.37. The van der Waals surface area contributed by atoms with E-state index in [1.54, 1.807) is 12.1 Å². The zero-order valence-corrected chi connectivity index (χ0v) is 25.4. The summed E-state index contributed by atoms with van der Waals surface area (Å²) in [4.78, 5) is 0. The molecule has 1 rings (SSSR count). The Kier molecular flexibility index (Phi) is 46.5. The van der Waals surface area contributed by atoms with Crippen LogP contribution < -0.4 is 4.40 Å². The molecule has 1 aromatic rings. The molecule has 0 bridgehead atoms. The third-order valence-electron chi connectivity index (χ3n) is 3.23. The molecule has 0 unspecified atom stereocenters. The van der Waals surface area contributed by atoms with Gasteiger partial charge in [0.15, 0.2) is 0 Å². The zero-order chi connectivity index (χ0) is 22.6. The fraction of sp³-hybridized carbons (Fsp3) is 0.783. The fourth-order valence-electron chi connectivity index (χ4n) is 1.82. The molecule has 3 nitrogen and oxygen atoms in total. The van der Waals surface area contributed by atoms with Gasteiger partial charge in [-0.15, -0.1) is 39.3 Å². The van der Waals surface area contributed by atoms with E-state index in [0.717, 1.165) is 39.3 Å². The molecule has 0 radical (unpaired) electrons. The molecule has 0 fully saturated rings. The molecule has 0 aliphatic heterocycles. The van der Waals surface area contributed by atoms with Crippen molar-refractivity contribution in [2.24, 2.45) is 0 Å². The second-order valence-corrected chi connectivity index (χ2v) is 9.19. The Bertz CT molecular complexity index is 320. The molecular weight excluding hydrogens is 520 g/mol. The molecular formula is C23H47F2GeN3Zr. The molecule has 0 N–H and O–H groups in total. The first-order valence-corrected chi connectivity index (χ1v) is 14.5. The van der Waals surface area contributed by atoms with Crippen LogP contribution in [0.3, 0.4) is 0 Å². The topological polar surface area (TPSA) is 42.3 Å². The van der Waals surface area contributed by atoms with Gasteiger partial charge < -0.3 is 16.0 Å². The largest absolute Gasteiger partial charge is 4.00 e. The second-order valence-electron chi connectivity index (χ2n) is 6.53. The van der Waals surface area contributed by atoms with Gasteiger partial charge in [-0.1, -0.05) is 80.1 Å². The van der Waals surface area contributed by atoms with Crippen molar-refractivity contribution in [3.63, 3.8) is 0 Å². The van der Waals surface area contributed by atoms with Crippen molar-refractivity contribution in [2.45, 2.75) is 80.1 Å². The van der Waals surface area contributed by atoms with E-state index >= 15 is 0 Å². The Labute approximate surface area is 211 Å². The van der Waals surface area contributed by atoms with E-state index in [9.17, 15) is 7.00 Å². The van der Waals surface area contributed by atoms with Gasteiger partial charge in [-0.3, -0.25) is 0 Å².